The fourth-order valence-electron chi connectivity index (χ4n) is 4.96. The van der Waals surface area contributed by atoms with Crippen molar-refractivity contribution >= 4 is 28.8 Å². The highest BCUT2D eigenvalue weighted by Gasteiger charge is 2.43. The van der Waals surface area contributed by atoms with Gasteiger partial charge in [0.1, 0.15) is 18.5 Å². The fourth-order valence-corrected chi connectivity index (χ4v) is 4.96. The van der Waals surface area contributed by atoms with Crippen LogP contribution in [0, 0.1) is 11.6 Å². The van der Waals surface area contributed by atoms with Gasteiger partial charge in [-0.05, 0) is 42.7 Å². The summed E-state index contributed by atoms with van der Waals surface area (Å²) in [5.74, 6) is -1.58. The molecule has 10 nitrogen and oxygen atoms in total. The van der Waals surface area contributed by atoms with Gasteiger partial charge in [-0.15, -0.1) is 0 Å². The third-order valence-electron chi connectivity index (χ3n) is 6.72. The topological polar surface area (TPSA) is 124 Å². The highest BCUT2D eigenvalue weighted by molar-refractivity contribution is 5.81. The number of halogens is 2. The number of hydrogen-bond acceptors (Lipinski definition) is 8. The molecule has 12 heteroatoms. The van der Waals surface area contributed by atoms with Gasteiger partial charge < -0.3 is 25.3 Å². The van der Waals surface area contributed by atoms with E-state index in [1.165, 1.54) is 12.4 Å². The monoisotopic (exact) mass is 492 g/mol. The summed E-state index contributed by atoms with van der Waals surface area (Å²) in [4.78, 5) is 31.2. The second-order valence-electron chi connectivity index (χ2n) is 9.14. The Kier molecular flexibility index (Phi) is 5.16. The maximum Gasteiger partial charge on any atom is 0.407 e. The van der Waals surface area contributed by atoms with Gasteiger partial charge in [0.15, 0.2) is 23.1 Å². The number of nitrogen functional groups attached to an aromatic ring is 1. The van der Waals surface area contributed by atoms with Crippen LogP contribution in [-0.4, -0.2) is 55.8 Å². The van der Waals surface area contributed by atoms with E-state index < -0.39 is 23.3 Å². The Morgan fingerprint density at radius 3 is 2.83 bits per heavy atom. The molecule has 5 heterocycles. The molecule has 0 bridgehead atoms. The molecule has 0 unspecified atom stereocenters. The summed E-state index contributed by atoms with van der Waals surface area (Å²) in [5, 5.41) is 2.97. The molecule has 6 rings (SSSR count). The first-order valence-corrected chi connectivity index (χ1v) is 11.5. The molecule has 3 N–H and O–H groups in total. The molecule has 2 fully saturated rings. The smallest absolute Gasteiger partial charge is 0.407 e. The van der Waals surface area contributed by atoms with Crippen LogP contribution >= 0.6 is 0 Å². The van der Waals surface area contributed by atoms with Crippen LogP contribution in [0.2, 0.25) is 0 Å². The summed E-state index contributed by atoms with van der Waals surface area (Å²) in [5.41, 5.74) is 9.23. The third kappa shape index (κ3) is 3.84. The zero-order chi connectivity index (χ0) is 24.9. The number of nitrogens with zero attached hydrogens (tertiary/aromatic N) is 6. The number of hydrogen-bond donors (Lipinski definition) is 2. The SMILES string of the molecule is Nc1ncnc2c1ncn2Cc1cc(-c2ccc(F)c(F)c2)ncc1N1CCC[C@]2(COC(=O)N2)C1. The molecule has 2 saturated heterocycles. The first-order chi connectivity index (χ1) is 17.4. The van der Waals surface area contributed by atoms with E-state index >= 15 is 0 Å². The van der Waals surface area contributed by atoms with Crippen molar-refractivity contribution in [3.63, 3.8) is 0 Å². The lowest BCUT2D eigenvalue weighted by molar-refractivity contribution is 0.169. The zero-order valence-electron chi connectivity index (χ0n) is 19.1. The van der Waals surface area contributed by atoms with Gasteiger partial charge in [-0.3, -0.25) is 4.98 Å². The molecule has 2 aliphatic heterocycles. The number of rotatable bonds is 4. The summed E-state index contributed by atoms with van der Waals surface area (Å²) in [6.07, 6.45) is 6.00. The molecule has 2 aliphatic rings. The van der Waals surface area contributed by atoms with E-state index in [0.717, 1.165) is 42.8 Å². The molecule has 36 heavy (non-hydrogen) atoms. The average molecular weight is 492 g/mol. The number of pyridine rings is 1. The van der Waals surface area contributed by atoms with Gasteiger partial charge in [0.2, 0.25) is 0 Å². The molecular formula is C24H22F2N8O2. The highest BCUT2D eigenvalue weighted by Crippen LogP contribution is 2.33. The van der Waals surface area contributed by atoms with Crippen LogP contribution in [0.15, 0.2) is 43.1 Å². The number of ether oxygens (including phenoxy) is 1. The minimum Gasteiger partial charge on any atom is -0.447 e. The van der Waals surface area contributed by atoms with Crippen LogP contribution in [0.5, 0.6) is 0 Å². The summed E-state index contributed by atoms with van der Waals surface area (Å²) >= 11 is 0. The van der Waals surface area contributed by atoms with Crippen molar-refractivity contribution in [1.29, 1.82) is 0 Å². The number of fused-ring (bicyclic) bond motifs is 1. The molecule has 4 aromatic rings. The van der Waals surface area contributed by atoms with E-state index in [-0.39, 0.29) is 5.82 Å². The number of carbonyl (C=O) groups is 1. The third-order valence-corrected chi connectivity index (χ3v) is 6.72. The quantitative estimate of drug-likeness (QED) is 0.446. The lowest BCUT2D eigenvalue weighted by Crippen LogP contribution is -2.56. The van der Waals surface area contributed by atoms with E-state index in [1.807, 2.05) is 10.6 Å². The summed E-state index contributed by atoms with van der Waals surface area (Å²) in [6.45, 7) is 1.99. The molecule has 3 aromatic heterocycles. The summed E-state index contributed by atoms with van der Waals surface area (Å²) in [7, 11) is 0. The van der Waals surface area contributed by atoms with Crippen LogP contribution in [-0.2, 0) is 11.3 Å². The van der Waals surface area contributed by atoms with Crippen molar-refractivity contribution in [2.24, 2.45) is 0 Å². The Labute approximate surface area is 204 Å². The Hall–Kier alpha value is -4.35. The minimum atomic E-state index is -0.942. The first kappa shape index (κ1) is 22.1. The van der Waals surface area contributed by atoms with Gasteiger partial charge in [0.05, 0.1) is 36.0 Å². The van der Waals surface area contributed by atoms with E-state index in [0.29, 0.717) is 42.1 Å². The predicted molar refractivity (Wildman–Crippen MR) is 127 cm³/mol. The van der Waals surface area contributed by atoms with Gasteiger partial charge >= 0.3 is 6.09 Å². The van der Waals surface area contributed by atoms with E-state index in [9.17, 15) is 13.6 Å². The van der Waals surface area contributed by atoms with E-state index in [4.69, 9.17) is 10.5 Å². The van der Waals surface area contributed by atoms with Crippen molar-refractivity contribution in [1.82, 2.24) is 29.8 Å². The molecule has 1 amide bonds. The largest absolute Gasteiger partial charge is 0.447 e. The maximum absolute atomic E-state index is 14.0. The molecule has 0 saturated carbocycles. The average Bonchev–Trinajstić information content (AvgIpc) is 3.44. The van der Waals surface area contributed by atoms with Crippen molar-refractivity contribution in [2.75, 3.05) is 30.3 Å². The van der Waals surface area contributed by atoms with Crippen molar-refractivity contribution in [2.45, 2.75) is 24.9 Å². The summed E-state index contributed by atoms with van der Waals surface area (Å²) < 4.78 is 34.5. The second kappa shape index (κ2) is 8.40. The minimum absolute atomic E-state index is 0.283. The number of carbonyl (C=O) groups excluding carboxylic acids is 1. The van der Waals surface area contributed by atoms with Crippen molar-refractivity contribution < 1.29 is 18.3 Å². The summed E-state index contributed by atoms with van der Waals surface area (Å²) in [6, 6.07) is 5.55. The number of alkyl carbamates (subject to hydrolysis) is 1. The lowest BCUT2D eigenvalue weighted by atomic mass is 9.90. The number of nitrogens with one attached hydrogen (secondary N) is 1. The molecule has 0 aliphatic carbocycles. The van der Waals surface area contributed by atoms with Crippen LogP contribution in [0.3, 0.4) is 0 Å². The molecule has 184 valence electrons. The lowest BCUT2D eigenvalue weighted by Gasteiger charge is -2.40. The molecule has 1 atom stereocenters. The number of benzene rings is 1. The molecule has 1 spiro atoms. The van der Waals surface area contributed by atoms with Crippen LogP contribution in [0.4, 0.5) is 25.1 Å². The normalized spacial score (nSPS) is 19.6. The van der Waals surface area contributed by atoms with Crippen LogP contribution < -0.4 is 16.0 Å². The predicted octanol–water partition coefficient (Wildman–Crippen LogP) is 2.88. The Bertz CT molecular complexity index is 1490. The standard InChI is InChI=1S/C24H22F2N8O2/c25-16-3-2-14(6-17(16)26)18-7-15(9-34-13-31-20-21(27)29-12-30-22(20)34)19(8-28-18)33-5-1-4-24(10-33)11-36-23(35)32-24/h2-3,6-8,12-13H,1,4-5,9-11H2,(H,32,35)(H2,27,29,30)/t24-/m1/s1. The van der Waals surface area contributed by atoms with Crippen LogP contribution in [0.1, 0.15) is 18.4 Å². The van der Waals surface area contributed by atoms with Gasteiger partial charge in [0.25, 0.3) is 0 Å². The molecule has 1 aromatic carbocycles. The number of amides is 1. The van der Waals surface area contributed by atoms with Gasteiger partial charge in [-0.25, -0.2) is 28.5 Å². The van der Waals surface area contributed by atoms with E-state index in [1.54, 1.807) is 12.5 Å². The Balaban J connectivity index is 1.42. The fraction of sp³-hybridized carbons (Fsp3) is 0.292. The van der Waals surface area contributed by atoms with Crippen molar-refractivity contribution in [3.8, 4) is 11.3 Å². The maximum atomic E-state index is 14.0. The molecule has 0 radical (unpaired) electrons. The number of imidazole rings is 1. The highest BCUT2D eigenvalue weighted by atomic mass is 19.2. The Morgan fingerprint density at radius 1 is 1.14 bits per heavy atom. The number of anilines is 2. The van der Waals surface area contributed by atoms with E-state index in [2.05, 4.69) is 30.2 Å². The first-order valence-electron chi connectivity index (χ1n) is 11.5. The number of piperidine rings is 1. The Morgan fingerprint density at radius 2 is 2.03 bits per heavy atom. The number of cyclic esters (lactones) is 1. The molecular weight excluding hydrogens is 470 g/mol. The number of nitrogens with two attached hydrogens (primary N) is 1. The van der Waals surface area contributed by atoms with Crippen LogP contribution in [0.25, 0.3) is 22.4 Å². The van der Waals surface area contributed by atoms with Gasteiger partial charge in [-0.1, -0.05) is 0 Å². The van der Waals surface area contributed by atoms with Gasteiger partial charge in [-0.2, -0.15) is 0 Å². The van der Waals surface area contributed by atoms with Gasteiger partial charge in [0, 0.05) is 18.7 Å². The zero-order valence-corrected chi connectivity index (χ0v) is 19.1. The number of aromatic nitrogens is 5. The van der Waals surface area contributed by atoms with Crippen molar-refractivity contribution in [3.05, 3.63) is 60.3 Å². The second-order valence-corrected chi connectivity index (χ2v) is 9.14.